The van der Waals surface area contributed by atoms with Crippen LogP contribution in [0.1, 0.15) is 32.0 Å². The number of aryl methyl sites for hydroxylation is 1. The molecule has 0 spiro atoms. The molecule has 0 bridgehead atoms. The summed E-state index contributed by atoms with van der Waals surface area (Å²) < 4.78 is 0.871. The second-order valence-corrected chi connectivity index (χ2v) is 2.80. The van der Waals surface area contributed by atoms with Gasteiger partial charge in [0.2, 0.25) is 0 Å². The normalized spacial score (nSPS) is 9.50. The molecule has 0 aliphatic rings. The molecule has 0 aliphatic carbocycles. The summed E-state index contributed by atoms with van der Waals surface area (Å²) in [4.78, 5) is 10.6. The van der Waals surface area contributed by atoms with Crippen LogP contribution in [-0.4, -0.2) is 26.3 Å². The minimum atomic E-state index is -1.10. The van der Waals surface area contributed by atoms with E-state index in [1.807, 2.05) is 0 Å². The highest BCUT2D eigenvalue weighted by molar-refractivity contribution is 5.66. The first-order valence-electron chi connectivity index (χ1n) is 4.31. The molecule has 0 amide bonds. The molecule has 1 rings (SSSR count). The van der Waals surface area contributed by atoms with E-state index in [1.54, 1.807) is 0 Å². The van der Waals surface area contributed by atoms with Gasteiger partial charge in [0.05, 0.1) is 0 Å². The van der Waals surface area contributed by atoms with Gasteiger partial charge >= 0.3 is 6.09 Å². The molecule has 0 unspecified atom stereocenters. The Morgan fingerprint density at radius 1 is 1.57 bits per heavy atom. The van der Waals surface area contributed by atoms with Crippen molar-refractivity contribution in [2.24, 2.45) is 0 Å². The van der Waals surface area contributed by atoms with Gasteiger partial charge in [-0.3, -0.25) is 0 Å². The lowest BCUT2D eigenvalue weighted by atomic mass is 10.2. The van der Waals surface area contributed by atoms with Crippen LogP contribution in [0.15, 0.2) is 0 Å². The zero-order valence-corrected chi connectivity index (χ0v) is 9.49. The molecule has 7 heteroatoms. The van der Waals surface area contributed by atoms with Gasteiger partial charge in [0.25, 0.3) is 5.82 Å². The Morgan fingerprint density at radius 3 is 2.86 bits per heavy atom. The standard InChI is InChI=1S/C7H12N4O2.BrH/c1-2-3-4-5-6-8-9-10-11(6)7(12)13;/h2-5H2,1H3,(H,12,13);1H. The van der Waals surface area contributed by atoms with Crippen molar-refractivity contribution < 1.29 is 32.0 Å². The van der Waals surface area contributed by atoms with Crippen molar-refractivity contribution in [2.45, 2.75) is 32.6 Å². The summed E-state index contributed by atoms with van der Waals surface area (Å²) in [6.45, 7) is 2.09. The van der Waals surface area contributed by atoms with Gasteiger partial charge in [0, 0.05) is 11.1 Å². The van der Waals surface area contributed by atoms with Crippen LogP contribution in [0.25, 0.3) is 0 Å². The zero-order valence-electron chi connectivity index (χ0n) is 7.90. The second kappa shape index (κ2) is 6.47. The average molecular weight is 265 g/mol. The van der Waals surface area contributed by atoms with Gasteiger partial charge in [0.15, 0.2) is 5.21 Å². The molecule has 0 saturated heterocycles. The lowest BCUT2D eigenvalue weighted by molar-refractivity contribution is -0.466. The number of halogens is 1. The highest BCUT2D eigenvalue weighted by Gasteiger charge is 2.19. The predicted molar refractivity (Wildman–Crippen MR) is 43.2 cm³/mol. The van der Waals surface area contributed by atoms with Crippen molar-refractivity contribution >= 4 is 6.09 Å². The van der Waals surface area contributed by atoms with Crippen LogP contribution in [0.2, 0.25) is 0 Å². The number of unbranched alkanes of at least 4 members (excludes halogenated alkanes) is 2. The molecule has 2 N–H and O–H groups in total. The van der Waals surface area contributed by atoms with Crippen molar-refractivity contribution in [3.05, 3.63) is 5.82 Å². The monoisotopic (exact) mass is 264 g/mol. The first-order valence-corrected chi connectivity index (χ1v) is 4.31. The summed E-state index contributed by atoms with van der Waals surface area (Å²) in [7, 11) is 0. The predicted octanol–water partition coefficient (Wildman–Crippen LogP) is -2.64. The largest absolute Gasteiger partial charge is 1.00 e. The van der Waals surface area contributed by atoms with Gasteiger partial charge in [-0.2, -0.15) is 5.10 Å². The van der Waals surface area contributed by atoms with Crippen LogP contribution < -0.4 is 22.1 Å². The topological polar surface area (TPSA) is 82.2 Å². The van der Waals surface area contributed by atoms with Crippen LogP contribution >= 0.6 is 0 Å². The van der Waals surface area contributed by atoms with Gasteiger partial charge in [-0.15, -0.1) is 0 Å². The molecule has 1 aromatic rings. The number of tetrazole rings is 1. The molecule has 6 nitrogen and oxygen atoms in total. The molecule has 80 valence electrons. The molecule has 1 aromatic heterocycles. The molecule has 1 heterocycles. The fourth-order valence-electron chi connectivity index (χ4n) is 1.08. The van der Waals surface area contributed by atoms with Crippen LogP contribution in [-0.2, 0) is 6.42 Å². The summed E-state index contributed by atoms with van der Waals surface area (Å²) in [6, 6.07) is 0. The van der Waals surface area contributed by atoms with Gasteiger partial charge in [-0.1, -0.05) is 19.8 Å². The van der Waals surface area contributed by atoms with Crippen molar-refractivity contribution in [1.29, 1.82) is 0 Å². The number of carbonyl (C=O) groups is 1. The molecule has 0 aromatic carbocycles. The van der Waals surface area contributed by atoms with E-state index in [9.17, 15) is 4.79 Å². The minimum Gasteiger partial charge on any atom is -1.00 e. The number of H-pyrrole nitrogens is 1. The Bertz CT molecular complexity index is 289. The Balaban J connectivity index is 0.00000169. The summed E-state index contributed by atoms with van der Waals surface area (Å²) in [5, 5.41) is 18.1. The lowest BCUT2D eigenvalue weighted by Crippen LogP contribution is -3.00. The highest BCUT2D eigenvalue weighted by Crippen LogP contribution is 1.99. The fraction of sp³-hybridized carbons (Fsp3) is 0.714. The summed E-state index contributed by atoms with van der Waals surface area (Å²) in [5.74, 6) is 0.543. The van der Waals surface area contributed by atoms with E-state index >= 15 is 0 Å². The van der Waals surface area contributed by atoms with Crippen LogP contribution in [0.5, 0.6) is 0 Å². The molecule has 14 heavy (non-hydrogen) atoms. The maximum Gasteiger partial charge on any atom is 0.512 e. The Kier molecular flexibility index (Phi) is 6.02. The van der Waals surface area contributed by atoms with E-state index in [-0.39, 0.29) is 17.0 Å². The Labute approximate surface area is 92.1 Å². The van der Waals surface area contributed by atoms with E-state index in [0.717, 1.165) is 23.9 Å². The Hall–Kier alpha value is -0.980. The first kappa shape index (κ1) is 13.0. The number of hydrogen-bond acceptors (Lipinski definition) is 3. The van der Waals surface area contributed by atoms with Crippen molar-refractivity contribution in [2.75, 3.05) is 0 Å². The van der Waals surface area contributed by atoms with E-state index in [2.05, 4.69) is 22.4 Å². The van der Waals surface area contributed by atoms with Crippen LogP contribution in [0.3, 0.4) is 0 Å². The Morgan fingerprint density at radius 2 is 2.29 bits per heavy atom. The highest BCUT2D eigenvalue weighted by atomic mass is 79.9. The summed E-state index contributed by atoms with van der Waals surface area (Å²) >= 11 is 0. The van der Waals surface area contributed by atoms with Gasteiger partial charge in [0.1, 0.15) is 5.21 Å². The summed E-state index contributed by atoms with van der Waals surface area (Å²) in [5.41, 5.74) is 0. The zero-order chi connectivity index (χ0) is 9.68. The summed E-state index contributed by atoms with van der Waals surface area (Å²) in [6.07, 6.45) is 2.72. The number of aromatic nitrogens is 4. The molecular formula is C7H13BrN4O2. The van der Waals surface area contributed by atoms with E-state index < -0.39 is 6.09 Å². The quantitative estimate of drug-likeness (QED) is 0.476. The number of rotatable bonds is 4. The number of nitrogens with zero attached hydrogens (tertiary/aromatic N) is 3. The third-order valence-corrected chi connectivity index (χ3v) is 1.77. The van der Waals surface area contributed by atoms with Gasteiger partial charge in [-0.25, -0.2) is 4.79 Å². The van der Waals surface area contributed by atoms with Gasteiger partial charge < -0.3 is 22.1 Å². The van der Waals surface area contributed by atoms with Crippen molar-refractivity contribution in [3.63, 3.8) is 0 Å². The maximum atomic E-state index is 10.6. The number of nitrogens with one attached hydrogen (secondary N) is 1. The SMILES string of the molecule is CCCCCc1[nH+]nnn1C(=O)O.[Br-]. The number of aromatic amines is 1. The van der Waals surface area contributed by atoms with Crippen LogP contribution in [0, 0.1) is 0 Å². The van der Waals surface area contributed by atoms with Gasteiger partial charge in [-0.05, 0) is 6.42 Å². The van der Waals surface area contributed by atoms with Crippen LogP contribution in [0.4, 0.5) is 4.79 Å². The van der Waals surface area contributed by atoms with E-state index in [4.69, 9.17) is 5.11 Å². The fourth-order valence-corrected chi connectivity index (χ4v) is 1.08. The van der Waals surface area contributed by atoms with Crippen molar-refractivity contribution in [3.8, 4) is 0 Å². The molecule has 0 saturated carbocycles. The van der Waals surface area contributed by atoms with Crippen molar-refractivity contribution in [1.82, 2.24) is 15.1 Å². The molecular weight excluding hydrogens is 252 g/mol. The smallest absolute Gasteiger partial charge is 0.512 e. The third kappa shape index (κ3) is 3.41. The lowest BCUT2D eigenvalue weighted by Gasteiger charge is -1.92. The first-order chi connectivity index (χ1) is 6.25. The second-order valence-electron chi connectivity index (χ2n) is 2.80. The number of hydrogen-bond donors (Lipinski definition) is 1. The molecule has 0 atom stereocenters. The van der Waals surface area contributed by atoms with E-state index in [0.29, 0.717) is 12.2 Å². The maximum absolute atomic E-state index is 10.6. The average Bonchev–Trinajstić information content (AvgIpc) is 2.53. The minimum absolute atomic E-state index is 0. The molecule has 0 radical (unpaired) electrons. The third-order valence-electron chi connectivity index (χ3n) is 1.77. The molecule has 0 aliphatic heterocycles. The number of carboxylic acid groups (broad SMARTS) is 1. The molecule has 0 fully saturated rings. The van der Waals surface area contributed by atoms with E-state index in [1.165, 1.54) is 0 Å².